The second kappa shape index (κ2) is 9.63. The van der Waals surface area contributed by atoms with Crippen LogP contribution in [-0.2, 0) is 4.79 Å². The van der Waals surface area contributed by atoms with Crippen molar-refractivity contribution in [1.82, 2.24) is 4.98 Å². The molecule has 0 aliphatic carbocycles. The Morgan fingerprint density at radius 2 is 1.96 bits per heavy atom. The molecule has 0 spiro atoms. The van der Waals surface area contributed by atoms with Crippen LogP contribution in [0.15, 0.2) is 42.6 Å². The molecule has 9 heteroatoms. The van der Waals surface area contributed by atoms with Gasteiger partial charge in [-0.3, -0.25) is 4.79 Å². The molecule has 0 saturated carbocycles. The van der Waals surface area contributed by atoms with Crippen molar-refractivity contribution in [2.24, 2.45) is 0 Å². The Kier molecular flexibility index (Phi) is 7.25. The van der Waals surface area contributed by atoms with Crippen molar-refractivity contribution in [3.63, 3.8) is 0 Å². The number of aromatic nitrogens is 1. The average molecular weight is 396 g/mol. The summed E-state index contributed by atoms with van der Waals surface area (Å²) in [7, 11) is 1.52. The number of pyridine rings is 1. The van der Waals surface area contributed by atoms with Gasteiger partial charge in [0.15, 0.2) is 18.1 Å². The molecule has 2 rings (SSSR count). The van der Waals surface area contributed by atoms with E-state index >= 15 is 0 Å². The number of amides is 1. The number of ether oxygens (including phenoxy) is 3. The third-order valence-electron chi connectivity index (χ3n) is 3.30. The lowest BCUT2D eigenvalue weighted by Crippen LogP contribution is -2.19. The SMILES string of the molecule is CCOc1ccc(C=CC(=O)Nc2ccc(OCC(F)(F)F)nc2)cc1OC. The molecule has 0 saturated heterocycles. The van der Waals surface area contributed by atoms with E-state index in [0.29, 0.717) is 23.8 Å². The zero-order chi connectivity index (χ0) is 20.6. The largest absolute Gasteiger partial charge is 0.493 e. The highest BCUT2D eigenvalue weighted by Gasteiger charge is 2.28. The van der Waals surface area contributed by atoms with E-state index in [1.54, 1.807) is 24.3 Å². The number of hydrogen-bond acceptors (Lipinski definition) is 5. The summed E-state index contributed by atoms with van der Waals surface area (Å²) in [4.78, 5) is 15.7. The van der Waals surface area contributed by atoms with Crippen molar-refractivity contribution < 1.29 is 32.2 Å². The van der Waals surface area contributed by atoms with Gasteiger partial charge in [-0.05, 0) is 36.8 Å². The Balaban J connectivity index is 1.94. The molecule has 0 atom stereocenters. The van der Waals surface area contributed by atoms with Gasteiger partial charge in [-0.2, -0.15) is 13.2 Å². The molecule has 0 aliphatic rings. The number of nitrogens with one attached hydrogen (secondary N) is 1. The first-order valence-corrected chi connectivity index (χ1v) is 8.26. The number of carbonyl (C=O) groups is 1. The standard InChI is InChI=1S/C19H19F3N2O4/c1-3-27-15-7-4-13(10-16(15)26-2)5-8-17(25)24-14-6-9-18(23-11-14)28-12-19(20,21)22/h4-11H,3,12H2,1-2H3,(H,24,25). The molecule has 150 valence electrons. The second-order valence-electron chi connectivity index (χ2n) is 5.45. The fourth-order valence-electron chi connectivity index (χ4n) is 2.11. The van der Waals surface area contributed by atoms with Gasteiger partial charge >= 0.3 is 6.18 Å². The number of benzene rings is 1. The molecule has 0 aliphatic heterocycles. The number of hydrogen-bond donors (Lipinski definition) is 1. The molecule has 0 unspecified atom stereocenters. The quantitative estimate of drug-likeness (QED) is 0.681. The highest BCUT2D eigenvalue weighted by molar-refractivity contribution is 6.01. The number of alkyl halides is 3. The van der Waals surface area contributed by atoms with Gasteiger partial charge in [-0.15, -0.1) is 0 Å². The summed E-state index contributed by atoms with van der Waals surface area (Å²) in [5, 5.41) is 2.55. The molecule has 1 aromatic carbocycles. The number of anilines is 1. The van der Waals surface area contributed by atoms with Crippen molar-refractivity contribution in [3.8, 4) is 17.4 Å². The maximum atomic E-state index is 12.1. The van der Waals surface area contributed by atoms with Crippen LogP contribution >= 0.6 is 0 Å². The van der Waals surface area contributed by atoms with Crippen LogP contribution in [0.2, 0.25) is 0 Å². The molecular formula is C19H19F3N2O4. The van der Waals surface area contributed by atoms with E-state index in [9.17, 15) is 18.0 Å². The van der Waals surface area contributed by atoms with Gasteiger partial charge in [-0.1, -0.05) is 6.07 Å². The summed E-state index contributed by atoms with van der Waals surface area (Å²) in [6, 6.07) is 7.87. The molecular weight excluding hydrogens is 377 g/mol. The highest BCUT2D eigenvalue weighted by atomic mass is 19.4. The first-order chi connectivity index (χ1) is 13.3. The Hall–Kier alpha value is -3.23. The lowest BCUT2D eigenvalue weighted by molar-refractivity contribution is -0.154. The van der Waals surface area contributed by atoms with Gasteiger partial charge < -0.3 is 19.5 Å². The number of halogens is 3. The molecule has 2 aromatic rings. The lowest BCUT2D eigenvalue weighted by Gasteiger charge is -2.09. The van der Waals surface area contributed by atoms with Crippen molar-refractivity contribution in [3.05, 3.63) is 48.2 Å². The Labute approximate surface area is 159 Å². The van der Waals surface area contributed by atoms with E-state index in [-0.39, 0.29) is 5.88 Å². The maximum absolute atomic E-state index is 12.1. The molecule has 0 bridgehead atoms. The number of rotatable bonds is 8. The predicted octanol–water partition coefficient (Wildman–Crippen LogP) is 4.08. The van der Waals surface area contributed by atoms with Crippen LogP contribution in [-0.4, -0.2) is 37.4 Å². The molecule has 0 fully saturated rings. The molecule has 0 radical (unpaired) electrons. The summed E-state index contributed by atoms with van der Waals surface area (Å²) in [6.45, 7) is 0.934. The van der Waals surface area contributed by atoms with Gasteiger partial charge in [-0.25, -0.2) is 4.98 Å². The van der Waals surface area contributed by atoms with E-state index in [4.69, 9.17) is 9.47 Å². The van der Waals surface area contributed by atoms with Crippen LogP contribution in [0.4, 0.5) is 18.9 Å². The third-order valence-corrected chi connectivity index (χ3v) is 3.30. The second-order valence-corrected chi connectivity index (χ2v) is 5.45. The van der Waals surface area contributed by atoms with E-state index in [1.807, 2.05) is 6.92 Å². The van der Waals surface area contributed by atoms with Crippen LogP contribution in [0.5, 0.6) is 17.4 Å². The minimum Gasteiger partial charge on any atom is -0.493 e. The number of nitrogens with zero attached hydrogens (tertiary/aromatic N) is 1. The van der Waals surface area contributed by atoms with Crippen molar-refractivity contribution >= 4 is 17.7 Å². The van der Waals surface area contributed by atoms with Crippen LogP contribution in [0.25, 0.3) is 6.08 Å². The molecule has 6 nitrogen and oxygen atoms in total. The van der Waals surface area contributed by atoms with Gasteiger partial charge in [0.25, 0.3) is 0 Å². The average Bonchev–Trinajstić information content (AvgIpc) is 2.66. The fraction of sp³-hybridized carbons (Fsp3) is 0.263. The molecule has 1 heterocycles. The summed E-state index contributed by atoms with van der Waals surface area (Å²) in [5.74, 6) is 0.527. The fourth-order valence-corrected chi connectivity index (χ4v) is 2.11. The highest BCUT2D eigenvalue weighted by Crippen LogP contribution is 2.28. The minimum absolute atomic E-state index is 0.188. The van der Waals surface area contributed by atoms with Gasteiger partial charge in [0.05, 0.1) is 25.6 Å². The monoisotopic (exact) mass is 396 g/mol. The normalized spacial score (nSPS) is 11.3. The summed E-state index contributed by atoms with van der Waals surface area (Å²) < 4.78 is 51.4. The van der Waals surface area contributed by atoms with Gasteiger partial charge in [0.1, 0.15) is 0 Å². The topological polar surface area (TPSA) is 69.7 Å². The van der Waals surface area contributed by atoms with E-state index in [2.05, 4.69) is 15.0 Å². The van der Waals surface area contributed by atoms with Gasteiger partial charge in [0, 0.05) is 12.1 Å². The molecule has 28 heavy (non-hydrogen) atoms. The zero-order valence-corrected chi connectivity index (χ0v) is 15.2. The first-order valence-electron chi connectivity index (χ1n) is 8.26. The van der Waals surface area contributed by atoms with Crippen molar-refractivity contribution in [1.29, 1.82) is 0 Å². The van der Waals surface area contributed by atoms with Crippen molar-refractivity contribution in [2.45, 2.75) is 13.1 Å². The molecule has 1 amide bonds. The van der Waals surface area contributed by atoms with Crippen LogP contribution in [0, 0.1) is 0 Å². The Morgan fingerprint density at radius 3 is 2.57 bits per heavy atom. The number of methoxy groups -OCH3 is 1. The summed E-state index contributed by atoms with van der Waals surface area (Å²) >= 11 is 0. The van der Waals surface area contributed by atoms with Crippen LogP contribution in [0.1, 0.15) is 12.5 Å². The summed E-state index contributed by atoms with van der Waals surface area (Å²) in [5.41, 5.74) is 1.04. The number of carbonyl (C=O) groups excluding carboxylic acids is 1. The molecule has 1 N–H and O–H groups in total. The summed E-state index contributed by atoms with van der Waals surface area (Å²) in [6.07, 6.45) is -0.342. The molecule has 1 aromatic heterocycles. The lowest BCUT2D eigenvalue weighted by atomic mass is 10.2. The van der Waals surface area contributed by atoms with Crippen molar-refractivity contribution in [2.75, 3.05) is 25.6 Å². The Morgan fingerprint density at radius 1 is 1.18 bits per heavy atom. The van der Waals surface area contributed by atoms with Gasteiger partial charge in [0.2, 0.25) is 11.8 Å². The van der Waals surface area contributed by atoms with E-state index in [1.165, 1.54) is 31.5 Å². The van der Waals surface area contributed by atoms with Crippen LogP contribution in [0.3, 0.4) is 0 Å². The van der Waals surface area contributed by atoms with Crippen LogP contribution < -0.4 is 19.5 Å². The predicted molar refractivity (Wildman–Crippen MR) is 97.6 cm³/mol. The smallest absolute Gasteiger partial charge is 0.422 e. The first kappa shape index (κ1) is 21.1. The van der Waals surface area contributed by atoms with E-state index < -0.39 is 18.7 Å². The zero-order valence-electron chi connectivity index (χ0n) is 15.2. The third kappa shape index (κ3) is 6.82. The minimum atomic E-state index is -4.44. The Bertz CT molecular complexity index is 821. The maximum Gasteiger partial charge on any atom is 0.422 e. The van der Waals surface area contributed by atoms with E-state index in [0.717, 1.165) is 5.56 Å².